The molecule has 2 atom stereocenters. The number of rotatable bonds is 6. The summed E-state index contributed by atoms with van der Waals surface area (Å²) in [5, 5.41) is 3.64. The second-order valence-electron chi connectivity index (χ2n) is 6.12. The Morgan fingerprint density at radius 2 is 2.05 bits per heavy atom. The van der Waals surface area contributed by atoms with E-state index in [9.17, 15) is 0 Å². The van der Waals surface area contributed by atoms with Gasteiger partial charge in [0.2, 0.25) is 0 Å². The Bertz CT molecular complexity index is 380. The van der Waals surface area contributed by atoms with Crippen molar-refractivity contribution in [2.24, 2.45) is 5.92 Å². The van der Waals surface area contributed by atoms with E-state index < -0.39 is 0 Å². The molecule has 0 spiro atoms. The average molecular weight is 276 g/mol. The van der Waals surface area contributed by atoms with Gasteiger partial charge in [0.05, 0.1) is 6.61 Å². The fourth-order valence-corrected chi connectivity index (χ4v) is 2.68. The summed E-state index contributed by atoms with van der Waals surface area (Å²) >= 11 is 0. The maximum Gasteiger partial charge on any atom is 0.119 e. The monoisotopic (exact) mass is 276 g/mol. The average Bonchev–Trinajstić information content (AvgIpc) is 2.46. The second kappa shape index (κ2) is 7.65. The number of nitrogens with zero attached hydrogens (tertiary/aromatic N) is 1. The molecule has 0 saturated carbocycles. The quantitative estimate of drug-likeness (QED) is 0.809. The molecule has 0 amide bonds. The third-order valence-electron chi connectivity index (χ3n) is 4.14. The molecule has 0 aliphatic carbocycles. The summed E-state index contributed by atoms with van der Waals surface area (Å²) in [5.41, 5.74) is 0. The molecule has 1 aromatic carbocycles. The molecule has 1 fully saturated rings. The van der Waals surface area contributed by atoms with Crippen molar-refractivity contribution >= 4 is 0 Å². The summed E-state index contributed by atoms with van der Waals surface area (Å²) in [6, 6.07) is 11.3. The lowest BCUT2D eigenvalue weighted by Crippen LogP contribution is -2.57. The zero-order valence-corrected chi connectivity index (χ0v) is 13.0. The van der Waals surface area contributed by atoms with Crippen LogP contribution in [0.25, 0.3) is 0 Å². The van der Waals surface area contributed by atoms with Gasteiger partial charge in [-0.05, 0) is 31.4 Å². The Hall–Kier alpha value is -1.06. The first-order valence-electron chi connectivity index (χ1n) is 7.82. The van der Waals surface area contributed by atoms with Gasteiger partial charge in [-0.3, -0.25) is 4.90 Å². The van der Waals surface area contributed by atoms with E-state index in [-0.39, 0.29) is 0 Å². The maximum absolute atomic E-state index is 5.76. The van der Waals surface area contributed by atoms with Gasteiger partial charge >= 0.3 is 0 Å². The smallest absolute Gasteiger partial charge is 0.119 e. The second-order valence-corrected chi connectivity index (χ2v) is 6.12. The van der Waals surface area contributed by atoms with Crippen LogP contribution in [0.3, 0.4) is 0 Å². The largest absolute Gasteiger partial charge is 0.494 e. The number of piperazine rings is 1. The summed E-state index contributed by atoms with van der Waals surface area (Å²) in [4.78, 5) is 2.59. The molecule has 0 radical (unpaired) electrons. The number of ether oxygens (including phenoxy) is 1. The molecule has 3 heteroatoms. The van der Waals surface area contributed by atoms with Crippen molar-refractivity contribution in [3.8, 4) is 5.75 Å². The normalized spacial score (nSPS) is 24.0. The first kappa shape index (κ1) is 15.3. The Labute approximate surface area is 123 Å². The summed E-state index contributed by atoms with van der Waals surface area (Å²) < 4.78 is 5.76. The first-order chi connectivity index (χ1) is 9.66. The standard InChI is InChI=1S/C17H28N2O/c1-14(2)17-13-19(15(3)12-18-17)10-7-11-20-16-8-5-4-6-9-16/h4-6,8-9,14-15,17-18H,7,10-13H2,1-3H3. The number of hydrogen-bond donors (Lipinski definition) is 1. The molecule has 20 heavy (non-hydrogen) atoms. The minimum absolute atomic E-state index is 0.626. The Morgan fingerprint density at radius 3 is 2.75 bits per heavy atom. The predicted octanol–water partition coefficient (Wildman–Crippen LogP) is 2.77. The maximum atomic E-state index is 5.76. The van der Waals surface area contributed by atoms with Gasteiger partial charge in [0.15, 0.2) is 0 Å². The lowest BCUT2D eigenvalue weighted by Gasteiger charge is -2.40. The van der Waals surface area contributed by atoms with E-state index in [0.29, 0.717) is 18.0 Å². The van der Waals surface area contributed by atoms with Gasteiger partial charge in [-0.25, -0.2) is 0 Å². The van der Waals surface area contributed by atoms with E-state index in [4.69, 9.17) is 4.74 Å². The zero-order chi connectivity index (χ0) is 14.4. The van der Waals surface area contributed by atoms with Gasteiger partial charge < -0.3 is 10.1 Å². The number of benzene rings is 1. The fraction of sp³-hybridized carbons (Fsp3) is 0.647. The van der Waals surface area contributed by atoms with Crippen LogP contribution < -0.4 is 10.1 Å². The molecule has 1 aliphatic rings. The molecule has 2 rings (SSSR count). The lowest BCUT2D eigenvalue weighted by molar-refractivity contribution is 0.115. The van der Waals surface area contributed by atoms with Crippen molar-refractivity contribution in [3.05, 3.63) is 30.3 Å². The molecule has 1 saturated heterocycles. The first-order valence-corrected chi connectivity index (χ1v) is 7.82. The Balaban J connectivity index is 1.70. The van der Waals surface area contributed by atoms with Gasteiger partial charge in [0.1, 0.15) is 5.75 Å². The van der Waals surface area contributed by atoms with Crippen LogP contribution in [0.1, 0.15) is 27.2 Å². The molecule has 3 nitrogen and oxygen atoms in total. The molecular weight excluding hydrogens is 248 g/mol. The van der Waals surface area contributed by atoms with Crippen molar-refractivity contribution in [2.45, 2.75) is 39.3 Å². The third-order valence-corrected chi connectivity index (χ3v) is 4.14. The SMILES string of the molecule is CC(C)C1CN(CCCOc2ccccc2)C(C)CN1. The van der Waals surface area contributed by atoms with Crippen molar-refractivity contribution in [1.29, 1.82) is 0 Å². The van der Waals surface area contributed by atoms with Crippen LogP contribution in [-0.4, -0.2) is 43.2 Å². The molecule has 1 aromatic rings. The Kier molecular flexibility index (Phi) is 5.86. The highest BCUT2D eigenvalue weighted by Crippen LogP contribution is 2.13. The number of para-hydroxylation sites is 1. The summed E-state index contributed by atoms with van der Waals surface area (Å²) in [6.07, 6.45) is 1.09. The molecule has 1 aliphatic heterocycles. The highest BCUT2D eigenvalue weighted by molar-refractivity contribution is 5.20. The van der Waals surface area contributed by atoms with Gasteiger partial charge in [0.25, 0.3) is 0 Å². The van der Waals surface area contributed by atoms with Crippen LogP contribution in [0.15, 0.2) is 30.3 Å². The van der Waals surface area contributed by atoms with E-state index in [1.54, 1.807) is 0 Å². The van der Waals surface area contributed by atoms with E-state index in [0.717, 1.165) is 38.4 Å². The van der Waals surface area contributed by atoms with E-state index in [1.807, 2.05) is 30.3 Å². The van der Waals surface area contributed by atoms with E-state index in [1.165, 1.54) is 0 Å². The fourth-order valence-electron chi connectivity index (χ4n) is 2.68. The van der Waals surface area contributed by atoms with Crippen LogP contribution in [-0.2, 0) is 0 Å². The van der Waals surface area contributed by atoms with E-state index >= 15 is 0 Å². The van der Waals surface area contributed by atoms with Crippen molar-refractivity contribution < 1.29 is 4.74 Å². The minimum atomic E-state index is 0.626. The number of nitrogens with one attached hydrogen (secondary N) is 1. The zero-order valence-electron chi connectivity index (χ0n) is 13.0. The van der Waals surface area contributed by atoms with Gasteiger partial charge in [-0.2, -0.15) is 0 Å². The lowest BCUT2D eigenvalue weighted by atomic mass is 10.00. The van der Waals surface area contributed by atoms with Crippen molar-refractivity contribution in [2.75, 3.05) is 26.2 Å². The van der Waals surface area contributed by atoms with Crippen molar-refractivity contribution in [1.82, 2.24) is 10.2 Å². The summed E-state index contributed by atoms with van der Waals surface area (Å²) in [5.74, 6) is 1.67. The molecular formula is C17H28N2O. The van der Waals surface area contributed by atoms with Crippen LogP contribution >= 0.6 is 0 Å². The molecule has 2 unspecified atom stereocenters. The van der Waals surface area contributed by atoms with Crippen LogP contribution in [0.5, 0.6) is 5.75 Å². The number of hydrogen-bond acceptors (Lipinski definition) is 3. The van der Waals surface area contributed by atoms with Gasteiger partial charge in [-0.1, -0.05) is 32.0 Å². The molecule has 1 heterocycles. The summed E-state index contributed by atoms with van der Waals surface area (Å²) in [7, 11) is 0. The van der Waals surface area contributed by atoms with Crippen LogP contribution in [0, 0.1) is 5.92 Å². The molecule has 1 N–H and O–H groups in total. The summed E-state index contributed by atoms with van der Waals surface area (Å²) in [6.45, 7) is 11.1. The molecule has 0 aromatic heterocycles. The Morgan fingerprint density at radius 1 is 1.30 bits per heavy atom. The minimum Gasteiger partial charge on any atom is -0.494 e. The van der Waals surface area contributed by atoms with E-state index in [2.05, 4.69) is 31.0 Å². The molecule has 0 bridgehead atoms. The van der Waals surface area contributed by atoms with Crippen molar-refractivity contribution in [3.63, 3.8) is 0 Å². The van der Waals surface area contributed by atoms with Gasteiger partial charge in [-0.15, -0.1) is 0 Å². The topological polar surface area (TPSA) is 24.5 Å². The van der Waals surface area contributed by atoms with Crippen LogP contribution in [0.4, 0.5) is 0 Å². The molecule has 112 valence electrons. The predicted molar refractivity (Wildman–Crippen MR) is 84.2 cm³/mol. The third kappa shape index (κ3) is 4.50. The van der Waals surface area contributed by atoms with Gasteiger partial charge in [0, 0.05) is 31.7 Å². The van der Waals surface area contributed by atoms with Crippen LogP contribution in [0.2, 0.25) is 0 Å². The highest BCUT2D eigenvalue weighted by Gasteiger charge is 2.25. The highest BCUT2D eigenvalue weighted by atomic mass is 16.5.